The summed E-state index contributed by atoms with van der Waals surface area (Å²) >= 11 is 2.45. The highest BCUT2D eigenvalue weighted by Gasteiger charge is 2.44. The normalized spacial score (nSPS) is 44.8. The summed E-state index contributed by atoms with van der Waals surface area (Å²) < 4.78 is 7.36. The Hall–Kier alpha value is 0.690. The van der Waals surface area contributed by atoms with Gasteiger partial charge in [0.25, 0.3) is 0 Å². The smallest absolute Gasteiger partial charge is 0.0690 e. The quantitative estimate of drug-likeness (QED) is 0.559. The lowest BCUT2D eigenvalue weighted by atomic mass is 9.96. The summed E-state index contributed by atoms with van der Waals surface area (Å²) in [6.07, 6.45) is 8.63. The van der Waals surface area contributed by atoms with E-state index in [-0.39, 0.29) is 0 Å². The average Bonchev–Trinajstić information content (AvgIpc) is 2.74. The van der Waals surface area contributed by atoms with Gasteiger partial charge in [-0.1, -0.05) is 35.9 Å². The van der Waals surface area contributed by atoms with Crippen LogP contribution in [0.1, 0.15) is 45.4 Å². The number of halogens is 1. The van der Waals surface area contributed by atoms with Crippen molar-refractivity contribution in [2.24, 2.45) is 5.92 Å². The summed E-state index contributed by atoms with van der Waals surface area (Å²) in [5, 5.41) is 0. The predicted molar refractivity (Wildman–Crippen MR) is 63.4 cm³/mol. The minimum absolute atomic E-state index is 0.330. The molecule has 0 aromatic heterocycles. The fourth-order valence-corrected chi connectivity index (χ4v) is 3.50. The maximum Gasteiger partial charge on any atom is 0.0690 e. The first-order valence-electron chi connectivity index (χ1n) is 5.52. The second-order valence-electron chi connectivity index (χ2n) is 4.63. The molecule has 2 aliphatic rings. The zero-order chi connectivity index (χ0) is 9.31. The van der Waals surface area contributed by atoms with Crippen molar-refractivity contribution < 1.29 is 4.74 Å². The first-order chi connectivity index (χ1) is 6.28. The third-order valence-corrected chi connectivity index (χ3v) is 4.74. The lowest BCUT2D eigenvalue weighted by molar-refractivity contribution is -0.0285. The van der Waals surface area contributed by atoms with Gasteiger partial charge in [-0.15, -0.1) is 0 Å². The Morgan fingerprint density at radius 2 is 2.15 bits per heavy atom. The van der Waals surface area contributed by atoms with Crippen LogP contribution in [0.25, 0.3) is 0 Å². The third-order valence-electron chi connectivity index (χ3n) is 3.76. The summed E-state index contributed by atoms with van der Waals surface area (Å²) in [7, 11) is 0. The lowest BCUT2D eigenvalue weighted by Crippen LogP contribution is -2.26. The highest BCUT2D eigenvalue weighted by atomic mass is 127. The largest absolute Gasteiger partial charge is 0.371 e. The number of hydrogen-bond acceptors (Lipinski definition) is 1. The van der Waals surface area contributed by atoms with Crippen LogP contribution >= 0.6 is 22.6 Å². The van der Waals surface area contributed by atoms with E-state index >= 15 is 0 Å². The molecule has 1 aliphatic carbocycles. The van der Waals surface area contributed by atoms with Crippen LogP contribution in [0, 0.1) is 5.92 Å². The van der Waals surface area contributed by atoms with Gasteiger partial charge in [-0.2, -0.15) is 0 Å². The Kier molecular flexibility index (Phi) is 3.18. The summed E-state index contributed by atoms with van der Waals surface area (Å²) in [6.45, 7) is 2.31. The summed E-state index contributed by atoms with van der Waals surface area (Å²) in [6, 6.07) is 0. The molecule has 0 radical (unpaired) electrons. The Morgan fingerprint density at radius 1 is 1.38 bits per heavy atom. The van der Waals surface area contributed by atoms with Gasteiger partial charge < -0.3 is 4.74 Å². The molecule has 76 valence electrons. The van der Waals surface area contributed by atoms with Gasteiger partial charge in [0.2, 0.25) is 0 Å². The Morgan fingerprint density at radius 3 is 2.69 bits per heavy atom. The Balaban J connectivity index is 1.93. The maximum absolute atomic E-state index is 6.18. The molecule has 3 unspecified atom stereocenters. The van der Waals surface area contributed by atoms with E-state index in [0.29, 0.717) is 11.7 Å². The fourth-order valence-electron chi connectivity index (χ4n) is 2.88. The van der Waals surface area contributed by atoms with Crippen LogP contribution in [0.15, 0.2) is 0 Å². The first kappa shape index (κ1) is 10.2. The number of hydrogen-bond donors (Lipinski definition) is 0. The molecule has 13 heavy (non-hydrogen) atoms. The monoisotopic (exact) mass is 294 g/mol. The summed E-state index contributed by atoms with van der Waals surface area (Å²) in [5.74, 6) is 0.952. The van der Waals surface area contributed by atoms with Gasteiger partial charge in [0, 0.05) is 4.43 Å². The second-order valence-corrected chi connectivity index (χ2v) is 5.51. The molecule has 0 aromatic rings. The van der Waals surface area contributed by atoms with E-state index < -0.39 is 0 Å². The summed E-state index contributed by atoms with van der Waals surface area (Å²) in [4.78, 5) is 0. The van der Waals surface area contributed by atoms with E-state index in [9.17, 15) is 0 Å². The maximum atomic E-state index is 6.18. The van der Waals surface area contributed by atoms with Crippen LogP contribution in [-0.2, 0) is 4.74 Å². The third kappa shape index (κ3) is 2.04. The molecule has 1 heterocycles. The SMILES string of the molecule is CCC1CCC2(CCC(CI)O2)C1. The van der Waals surface area contributed by atoms with Crippen molar-refractivity contribution in [1.82, 2.24) is 0 Å². The molecule has 0 amide bonds. The summed E-state index contributed by atoms with van der Waals surface area (Å²) in [5.41, 5.74) is 0.330. The van der Waals surface area contributed by atoms with Gasteiger partial charge in [-0.05, 0) is 38.0 Å². The van der Waals surface area contributed by atoms with E-state index in [1.54, 1.807) is 0 Å². The van der Waals surface area contributed by atoms with Gasteiger partial charge in [0.1, 0.15) is 0 Å². The van der Waals surface area contributed by atoms with E-state index in [1.165, 1.54) is 43.0 Å². The molecule has 3 atom stereocenters. The van der Waals surface area contributed by atoms with Crippen molar-refractivity contribution in [1.29, 1.82) is 0 Å². The molecule has 1 nitrogen and oxygen atoms in total. The topological polar surface area (TPSA) is 9.23 Å². The van der Waals surface area contributed by atoms with E-state index in [0.717, 1.165) is 5.92 Å². The van der Waals surface area contributed by atoms with Crippen molar-refractivity contribution in [2.45, 2.75) is 57.2 Å². The molecule has 1 saturated carbocycles. The minimum atomic E-state index is 0.330. The molecule has 1 saturated heterocycles. The van der Waals surface area contributed by atoms with Crippen molar-refractivity contribution in [3.8, 4) is 0 Å². The van der Waals surface area contributed by atoms with Gasteiger partial charge in [-0.25, -0.2) is 0 Å². The predicted octanol–water partition coefficient (Wildman–Crippen LogP) is 3.55. The van der Waals surface area contributed by atoms with Gasteiger partial charge in [0.15, 0.2) is 0 Å². The first-order valence-corrected chi connectivity index (χ1v) is 7.04. The molecular formula is C11H19IO. The standard InChI is InChI=1S/C11H19IO/c1-2-9-3-5-11(7-9)6-4-10(8-12)13-11/h9-10H,2-8H2,1H3. The van der Waals surface area contributed by atoms with Crippen LogP contribution in [0.5, 0.6) is 0 Å². The van der Waals surface area contributed by atoms with E-state index in [1.807, 2.05) is 0 Å². The molecule has 2 fully saturated rings. The van der Waals surface area contributed by atoms with Crippen molar-refractivity contribution in [3.63, 3.8) is 0 Å². The molecule has 1 spiro atoms. The molecular weight excluding hydrogens is 275 g/mol. The van der Waals surface area contributed by atoms with Crippen molar-refractivity contribution in [3.05, 3.63) is 0 Å². The number of rotatable bonds is 2. The highest BCUT2D eigenvalue weighted by Crippen LogP contribution is 2.46. The van der Waals surface area contributed by atoms with Crippen molar-refractivity contribution >= 4 is 22.6 Å². The molecule has 0 aromatic carbocycles. The molecule has 2 rings (SSSR count). The molecule has 2 heteroatoms. The molecule has 1 aliphatic heterocycles. The van der Waals surface area contributed by atoms with Crippen LogP contribution in [-0.4, -0.2) is 16.1 Å². The zero-order valence-electron chi connectivity index (χ0n) is 8.39. The van der Waals surface area contributed by atoms with Gasteiger partial charge in [0.05, 0.1) is 11.7 Å². The van der Waals surface area contributed by atoms with E-state index in [2.05, 4.69) is 29.5 Å². The van der Waals surface area contributed by atoms with Crippen LogP contribution in [0.2, 0.25) is 0 Å². The highest BCUT2D eigenvalue weighted by molar-refractivity contribution is 14.1. The second kappa shape index (κ2) is 4.05. The van der Waals surface area contributed by atoms with Gasteiger partial charge in [-0.3, -0.25) is 0 Å². The van der Waals surface area contributed by atoms with Crippen LogP contribution in [0.4, 0.5) is 0 Å². The lowest BCUT2D eigenvalue weighted by Gasteiger charge is -2.24. The minimum Gasteiger partial charge on any atom is -0.371 e. The fraction of sp³-hybridized carbons (Fsp3) is 1.00. The molecule has 0 N–H and O–H groups in total. The van der Waals surface area contributed by atoms with Crippen molar-refractivity contribution in [2.75, 3.05) is 4.43 Å². The number of alkyl halides is 1. The van der Waals surface area contributed by atoms with Crippen LogP contribution in [0.3, 0.4) is 0 Å². The molecule has 0 bridgehead atoms. The Labute approximate surface area is 94.8 Å². The van der Waals surface area contributed by atoms with E-state index in [4.69, 9.17) is 4.74 Å². The average molecular weight is 294 g/mol. The van der Waals surface area contributed by atoms with Gasteiger partial charge >= 0.3 is 0 Å². The van der Waals surface area contributed by atoms with Crippen LogP contribution < -0.4 is 0 Å². The Bertz CT molecular complexity index is 161. The zero-order valence-corrected chi connectivity index (χ0v) is 10.5. The number of ether oxygens (including phenoxy) is 1.